The number of nitrogens with one attached hydrogen (secondary N) is 1. The molecule has 0 radical (unpaired) electrons. The summed E-state index contributed by atoms with van der Waals surface area (Å²) in [6.45, 7) is 0.503. The largest absolute Gasteiger partial charge is 0.497 e. The molecule has 0 unspecified atom stereocenters. The molecule has 1 aromatic carbocycles. The van der Waals surface area contributed by atoms with Crippen molar-refractivity contribution < 1.29 is 17.9 Å². The van der Waals surface area contributed by atoms with Gasteiger partial charge in [-0.3, -0.25) is 4.79 Å². The third kappa shape index (κ3) is 3.96. The fraction of sp³-hybridized carbons (Fsp3) is 0.500. The van der Waals surface area contributed by atoms with Crippen LogP contribution >= 0.6 is 0 Å². The highest BCUT2D eigenvalue weighted by Crippen LogP contribution is 2.18. The lowest BCUT2D eigenvalue weighted by Gasteiger charge is -2.09. The van der Waals surface area contributed by atoms with Crippen molar-refractivity contribution in [3.05, 3.63) is 29.8 Å². The minimum Gasteiger partial charge on any atom is -0.497 e. The van der Waals surface area contributed by atoms with Gasteiger partial charge >= 0.3 is 0 Å². The molecule has 1 aromatic rings. The number of carbonyl (C=O) groups is 1. The molecule has 20 heavy (non-hydrogen) atoms. The molecule has 1 aliphatic heterocycles. The van der Waals surface area contributed by atoms with Crippen LogP contribution < -0.4 is 10.1 Å². The minimum atomic E-state index is -3.00. The van der Waals surface area contributed by atoms with Gasteiger partial charge in [-0.25, -0.2) is 8.42 Å². The van der Waals surface area contributed by atoms with E-state index in [0.29, 0.717) is 19.4 Å². The summed E-state index contributed by atoms with van der Waals surface area (Å²) < 4.78 is 27.8. The first kappa shape index (κ1) is 14.8. The van der Waals surface area contributed by atoms with Gasteiger partial charge in [0.1, 0.15) is 5.75 Å². The van der Waals surface area contributed by atoms with Crippen LogP contribution in [0.2, 0.25) is 0 Å². The molecule has 1 N–H and O–H groups in total. The Balaban J connectivity index is 1.79. The Kier molecular flexibility index (Phi) is 4.65. The van der Waals surface area contributed by atoms with Crippen LogP contribution in [0, 0.1) is 5.92 Å². The Labute approximate surface area is 119 Å². The second-order valence-electron chi connectivity index (χ2n) is 4.99. The monoisotopic (exact) mass is 297 g/mol. The minimum absolute atomic E-state index is 0.0159. The van der Waals surface area contributed by atoms with E-state index < -0.39 is 9.84 Å². The molecule has 1 heterocycles. The highest BCUT2D eigenvalue weighted by atomic mass is 32.2. The molecule has 0 saturated carbocycles. The topological polar surface area (TPSA) is 72.5 Å². The van der Waals surface area contributed by atoms with Gasteiger partial charge in [-0.1, -0.05) is 12.1 Å². The molecule has 1 fully saturated rings. The SMILES string of the molecule is COc1cccc(CCNC(=O)[C@@H]2CCS(=O)(=O)C2)c1. The molecule has 6 heteroatoms. The number of rotatable bonds is 5. The molecule has 1 atom stereocenters. The first-order valence-corrected chi connectivity index (χ1v) is 8.43. The summed E-state index contributed by atoms with van der Waals surface area (Å²) in [7, 11) is -1.39. The molecule has 110 valence electrons. The second kappa shape index (κ2) is 6.26. The van der Waals surface area contributed by atoms with E-state index in [1.165, 1.54) is 0 Å². The van der Waals surface area contributed by atoms with Gasteiger partial charge in [-0.2, -0.15) is 0 Å². The molecule has 0 spiro atoms. The van der Waals surface area contributed by atoms with E-state index in [4.69, 9.17) is 4.74 Å². The number of hydrogen-bond donors (Lipinski definition) is 1. The van der Waals surface area contributed by atoms with Gasteiger partial charge in [-0.15, -0.1) is 0 Å². The molecule has 0 aromatic heterocycles. The number of ether oxygens (including phenoxy) is 1. The standard InChI is InChI=1S/C14H19NO4S/c1-19-13-4-2-3-11(9-13)5-7-15-14(16)12-6-8-20(17,18)10-12/h2-4,9,12H,5-8,10H2,1H3,(H,15,16)/t12-/m1/s1. The van der Waals surface area contributed by atoms with E-state index in [2.05, 4.69) is 5.32 Å². The maximum Gasteiger partial charge on any atom is 0.224 e. The van der Waals surface area contributed by atoms with Gasteiger partial charge in [0.15, 0.2) is 9.84 Å². The third-order valence-electron chi connectivity index (χ3n) is 3.45. The van der Waals surface area contributed by atoms with Crippen molar-refractivity contribution in [1.29, 1.82) is 0 Å². The lowest BCUT2D eigenvalue weighted by atomic mass is 10.1. The average molecular weight is 297 g/mol. The van der Waals surface area contributed by atoms with Crippen LogP contribution in [0.1, 0.15) is 12.0 Å². The number of methoxy groups -OCH3 is 1. The Morgan fingerprint density at radius 1 is 1.45 bits per heavy atom. The summed E-state index contributed by atoms with van der Waals surface area (Å²) >= 11 is 0. The van der Waals surface area contributed by atoms with Crippen LogP contribution in [0.4, 0.5) is 0 Å². The highest BCUT2D eigenvalue weighted by Gasteiger charge is 2.32. The number of hydrogen-bond acceptors (Lipinski definition) is 4. The van der Waals surface area contributed by atoms with Crippen molar-refractivity contribution in [3.63, 3.8) is 0 Å². The zero-order chi connectivity index (χ0) is 14.6. The first-order valence-electron chi connectivity index (χ1n) is 6.61. The van der Waals surface area contributed by atoms with Crippen molar-refractivity contribution >= 4 is 15.7 Å². The van der Waals surface area contributed by atoms with E-state index in [1.807, 2.05) is 24.3 Å². The molecule has 1 saturated heterocycles. The van der Waals surface area contributed by atoms with Crippen LogP contribution in [-0.2, 0) is 21.1 Å². The lowest BCUT2D eigenvalue weighted by molar-refractivity contribution is -0.124. The summed E-state index contributed by atoms with van der Waals surface area (Å²) in [6, 6.07) is 7.66. The zero-order valence-corrected chi connectivity index (χ0v) is 12.3. The summed E-state index contributed by atoms with van der Waals surface area (Å²) in [5.74, 6) is 0.355. The highest BCUT2D eigenvalue weighted by molar-refractivity contribution is 7.91. The number of benzene rings is 1. The lowest BCUT2D eigenvalue weighted by Crippen LogP contribution is -2.32. The molecular formula is C14H19NO4S. The molecule has 1 amide bonds. The number of carbonyl (C=O) groups excluding carboxylic acids is 1. The quantitative estimate of drug-likeness (QED) is 0.872. The predicted molar refractivity (Wildman–Crippen MR) is 76.5 cm³/mol. The second-order valence-corrected chi connectivity index (χ2v) is 7.22. The predicted octanol–water partition coefficient (Wildman–Crippen LogP) is 0.789. The molecule has 1 aliphatic rings. The van der Waals surface area contributed by atoms with Crippen molar-refractivity contribution in [2.24, 2.45) is 5.92 Å². The van der Waals surface area contributed by atoms with Gasteiger partial charge in [0, 0.05) is 6.54 Å². The van der Waals surface area contributed by atoms with E-state index in [1.54, 1.807) is 7.11 Å². The summed E-state index contributed by atoms with van der Waals surface area (Å²) in [5, 5.41) is 2.80. The summed E-state index contributed by atoms with van der Waals surface area (Å²) in [5.41, 5.74) is 1.07. The Bertz CT molecular complexity index is 583. The molecule has 0 bridgehead atoms. The smallest absolute Gasteiger partial charge is 0.224 e. The number of amides is 1. The molecular weight excluding hydrogens is 278 g/mol. The summed E-state index contributed by atoms with van der Waals surface area (Å²) in [4.78, 5) is 11.8. The van der Waals surface area contributed by atoms with Crippen LogP contribution in [0.5, 0.6) is 5.75 Å². The van der Waals surface area contributed by atoms with Crippen molar-refractivity contribution in [1.82, 2.24) is 5.32 Å². The Hall–Kier alpha value is -1.56. The van der Waals surface area contributed by atoms with E-state index in [9.17, 15) is 13.2 Å². The Morgan fingerprint density at radius 3 is 2.90 bits per heavy atom. The van der Waals surface area contributed by atoms with Gasteiger partial charge in [0.25, 0.3) is 0 Å². The van der Waals surface area contributed by atoms with Crippen molar-refractivity contribution in [2.45, 2.75) is 12.8 Å². The van der Waals surface area contributed by atoms with Gasteiger partial charge in [0.2, 0.25) is 5.91 Å². The van der Waals surface area contributed by atoms with Gasteiger partial charge in [0.05, 0.1) is 24.5 Å². The van der Waals surface area contributed by atoms with Crippen molar-refractivity contribution in [3.8, 4) is 5.75 Å². The molecule has 0 aliphatic carbocycles. The maximum atomic E-state index is 11.8. The molecule has 5 nitrogen and oxygen atoms in total. The summed E-state index contributed by atoms with van der Waals surface area (Å²) in [6.07, 6.45) is 1.13. The van der Waals surface area contributed by atoms with E-state index >= 15 is 0 Å². The van der Waals surface area contributed by atoms with E-state index in [-0.39, 0.29) is 23.3 Å². The van der Waals surface area contributed by atoms with Crippen molar-refractivity contribution in [2.75, 3.05) is 25.2 Å². The average Bonchev–Trinajstić information content (AvgIpc) is 2.79. The maximum absolute atomic E-state index is 11.8. The Morgan fingerprint density at radius 2 is 2.25 bits per heavy atom. The third-order valence-corrected chi connectivity index (χ3v) is 5.22. The van der Waals surface area contributed by atoms with Crippen LogP contribution in [-0.4, -0.2) is 39.5 Å². The first-order chi connectivity index (χ1) is 9.50. The normalized spacial score (nSPS) is 20.6. The fourth-order valence-corrected chi connectivity index (χ4v) is 4.05. The zero-order valence-electron chi connectivity index (χ0n) is 11.5. The van der Waals surface area contributed by atoms with Crippen LogP contribution in [0.15, 0.2) is 24.3 Å². The van der Waals surface area contributed by atoms with E-state index in [0.717, 1.165) is 11.3 Å². The fourth-order valence-electron chi connectivity index (χ4n) is 2.30. The van der Waals surface area contributed by atoms with Gasteiger partial charge in [-0.05, 0) is 30.5 Å². The van der Waals surface area contributed by atoms with Gasteiger partial charge < -0.3 is 10.1 Å². The number of sulfone groups is 1. The van der Waals surface area contributed by atoms with Crippen LogP contribution in [0.3, 0.4) is 0 Å². The van der Waals surface area contributed by atoms with Crippen LogP contribution in [0.25, 0.3) is 0 Å². The molecule has 2 rings (SSSR count).